The molecule has 0 aliphatic carbocycles. The van der Waals surface area contributed by atoms with Gasteiger partial charge in [-0.15, -0.1) is 0 Å². The predicted molar refractivity (Wildman–Crippen MR) is 72.3 cm³/mol. The SMILES string of the molecule is C[C@@H](NC(=O)C1CCNN1)c1cc2ccccc2o1. The summed E-state index contributed by atoms with van der Waals surface area (Å²) in [7, 11) is 0. The highest BCUT2D eigenvalue weighted by Gasteiger charge is 2.24. The Bertz CT molecular complexity index is 554. The van der Waals surface area contributed by atoms with E-state index in [1.807, 2.05) is 37.3 Å². The van der Waals surface area contributed by atoms with Crippen molar-refractivity contribution in [3.05, 3.63) is 36.1 Å². The Hall–Kier alpha value is -1.85. The van der Waals surface area contributed by atoms with E-state index in [4.69, 9.17) is 4.42 Å². The monoisotopic (exact) mass is 259 g/mol. The highest BCUT2D eigenvalue weighted by molar-refractivity contribution is 5.82. The molecule has 19 heavy (non-hydrogen) atoms. The maximum absolute atomic E-state index is 12.0. The van der Waals surface area contributed by atoms with E-state index in [9.17, 15) is 4.79 Å². The summed E-state index contributed by atoms with van der Waals surface area (Å²) in [6, 6.07) is 9.51. The minimum absolute atomic E-state index is 0.00189. The fraction of sp³-hybridized carbons (Fsp3) is 0.357. The van der Waals surface area contributed by atoms with E-state index < -0.39 is 0 Å². The van der Waals surface area contributed by atoms with Crippen LogP contribution in [0.5, 0.6) is 0 Å². The lowest BCUT2D eigenvalue weighted by molar-refractivity contribution is -0.123. The van der Waals surface area contributed by atoms with Gasteiger partial charge in [-0.25, -0.2) is 5.43 Å². The quantitative estimate of drug-likeness (QED) is 0.781. The first-order valence-electron chi connectivity index (χ1n) is 6.51. The molecule has 100 valence electrons. The Balaban J connectivity index is 1.72. The number of para-hydroxylation sites is 1. The molecule has 3 rings (SSSR count). The van der Waals surface area contributed by atoms with Crippen molar-refractivity contribution in [2.24, 2.45) is 0 Å². The van der Waals surface area contributed by atoms with Gasteiger partial charge in [-0.2, -0.15) is 0 Å². The highest BCUT2D eigenvalue weighted by atomic mass is 16.3. The third-order valence-corrected chi connectivity index (χ3v) is 3.38. The first-order chi connectivity index (χ1) is 9.24. The van der Waals surface area contributed by atoms with Gasteiger partial charge in [0.15, 0.2) is 0 Å². The molecule has 2 aromatic rings. The largest absolute Gasteiger partial charge is 0.459 e. The third-order valence-electron chi connectivity index (χ3n) is 3.38. The fourth-order valence-corrected chi connectivity index (χ4v) is 2.28. The lowest BCUT2D eigenvalue weighted by Gasteiger charge is -2.14. The van der Waals surface area contributed by atoms with Gasteiger partial charge >= 0.3 is 0 Å². The first-order valence-corrected chi connectivity index (χ1v) is 6.51. The van der Waals surface area contributed by atoms with Crippen LogP contribution < -0.4 is 16.2 Å². The second-order valence-corrected chi connectivity index (χ2v) is 4.83. The maximum Gasteiger partial charge on any atom is 0.239 e. The summed E-state index contributed by atoms with van der Waals surface area (Å²) in [5.41, 5.74) is 6.75. The Morgan fingerprint density at radius 3 is 3.05 bits per heavy atom. The number of hydrazine groups is 1. The molecule has 2 heterocycles. The summed E-state index contributed by atoms with van der Waals surface area (Å²) in [5, 5.41) is 4.02. The molecule has 0 bridgehead atoms. The molecule has 1 fully saturated rings. The number of carbonyl (C=O) groups excluding carboxylic acids is 1. The summed E-state index contributed by atoms with van der Waals surface area (Å²) in [5.74, 6) is 0.776. The van der Waals surface area contributed by atoms with E-state index in [0.717, 1.165) is 29.7 Å². The normalized spacial score (nSPS) is 20.6. The van der Waals surface area contributed by atoms with Gasteiger partial charge < -0.3 is 9.73 Å². The van der Waals surface area contributed by atoms with Gasteiger partial charge in [0.1, 0.15) is 17.4 Å². The number of hydrogen-bond acceptors (Lipinski definition) is 4. The van der Waals surface area contributed by atoms with E-state index in [1.165, 1.54) is 0 Å². The lowest BCUT2D eigenvalue weighted by Crippen LogP contribution is -2.43. The Kier molecular flexibility index (Phi) is 3.23. The van der Waals surface area contributed by atoms with Gasteiger partial charge in [0.05, 0.1) is 6.04 Å². The number of amides is 1. The zero-order valence-electron chi connectivity index (χ0n) is 10.8. The van der Waals surface area contributed by atoms with Gasteiger partial charge in [0.25, 0.3) is 0 Å². The summed E-state index contributed by atoms with van der Waals surface area (Å²) < 4.78 is 5.74. The predicted octanol–water partition coefficient (Wildman–Crippen LogP) is 1.48. The molecule has 5 nitrogen and oxygen atoms in total. The van der Waals surface area contributed by atoms with E-state index in [0.29, 0.717) is 0 Å². The van der Waals surface area contributed by atoms with Crippen LogP contribution in [0.1, 0.15) is 25.1 Å². The number of hydrogen-bond donors (Lipinski definition) is 3. The van der Waals surface area contributed by atoms with Gasteiger partial charge in [-0.1, -0.05) is 18.2 Å². The van der Waals surface area contributed by atoms with Crippen LogP contribution in [0.4, 0.5) is 0 Å². The van der Waals surface area contributed by atoms with Crippen molar-refractivity contribution < 1.29 is 9.21 Å². The summed E-state index contributed by atoms with van der Waals surface area (Å²) >= 11 is 0. The standard InChI is InChI=1S/C14H17N3O2/c1-9(16-14(18)11-6-7-15-17-11)13-8-10-4-2-3-5-12(10)19-13/h2-5,8-9,11,15,17H,6-7H2,1H3,(H,16,18)/t9-,11?/m1/s1. The number of carbonyl (C=O) groups is 1. The average molecular weight is 259 g/mol. The zero-order valence-corrected chi connectivity index (χ0v) is 10.8. The Labute approximate surface area is 111 Å². The molecule has 1 saturated heterocycles. The lowest BCUT2D eigenvalue weighted by atomic mass is 10.2. The van der Waals surface area contributed by atoms with Crippen LogP contribution in [-0.4, -0.2) is 18.5 Å². The molecule has 0 spiro atoms. The molecule has 3 N–H and O–H groups in total. The molecule has 2 atom stereocenters. The topological polar surface area (TPSA) is 66.3 Å². The van der Waals surface area contributed by atoms with Crippen LogP contribution >= 0.6 is 0 Å². The smallest absolute Gasteiger partial charge is 0.239 e. The van der Waals surface area contributed by atoms with Crippen molar-refractivity contribution in [3.8, 4) is 0 Å². The van der Waals surface area contributed by atoms with Crippen molar-refractivity contribution in [1.29, 1.82) is 0 Å². The first kappa shape index (κ1) is 12.2. The molecular formula is C14H17N3O2. The maximum atomic E-state index is 12.0. The van der Waals surface area contributed by atoms with Gasteiger partial charge in [0.2, 0.25) is 5.91 Å². The van der Waals surface area contributed by atoms with Crippen molar-refractivity contribution >= 4 is 16.9 Å². The van der Waals surface area contributed by atoms with Gasteiger partial charge in [0, 0.05) is 11.9 Å². The molecular weight excluding hydrogens is 242 g/mol. The third kappa shape index (κ3) is 2.47. The van der Waals surface area contributed by atoms with Gasteiger partial charge in [-0.05, 0) is 25.5 Å². The minimum atomic E-state index is -0.160. The molecule has 0 radical (unpaired) electrons. The molecule has 1 aliphatic heterocycles. The summed E-state index contributed by atoms with van der Waals surface area (Å²) in [6.45, 7) is 2.75. The number of benzene rings is 1. The van der Waals surface area contributed by atoms with Crippen molar-refractivity contribution in [3.63, 3.8) is 0 Å². The number of nitrogens with one attached hydrogen (secondary N) is 3. The zero-order chi connectivity index (χ0) is 13.2. The molecule has 1 unspecified atom stereocenters. The molecule has 1 amide bonds. The molecule has 1 aliphatic rings. The van der Waals surface area contributed by atoms with E-state index in [1.54, 1.807) is 0 Å². The average Bonchev–Trinajstić information content (AvgIpc) is 3.07. The minimum Gasteiger partial charge on any atom is -0.459 e. The molecule has 1 aromatic heterocycles. The highest BCUT2D eigenvalue weighted by Crippen LogP contribution is 2.23. The second-order valence-electron chi connectivity index (χ2n) is 4.83. The van der Waals surface area contributed by atoms with E-state index in [2.05, 4.69) is 16.2 Å². The second kappa shape index (κ2) is 5.03. The van der Waals surface area contributed by atoms with Crippen LogP contribution in [-0.2, 0) is 4.79 Å². The van der Waals surface area contributed by atoms with Crippen molar-refractivity contribution in [2.45, 2.75) is 25.4 Å². The summed E-state index contributed by atoms with van der Waals surface area (Å²) in [6.07, 6.45) is 0.804. The van der Waals surface area contributed by atoms with Crippen molar-refractivity contribution in [2.75, 3.05) is 6.54 Å². The molecule has 0 saturated carbocycles. The van der Waals surface area contributed by atoms with E-state index >= 15 is 0 Å². The van der Waals surface area contributed by atoms with Crippen LogP contribution in [0.3, 0.4) is 0 Å². The Morgan fingerprint density at radius 1 is 1.47 bits per heavy atom. The number of furan rings is 1. The fourth-order valence-electron chi connectivity index (χ4n) is 2.28. The Morgan fingerprint density at radius 2 is 2.32 bits per heavy atom. The van der Waals surface area contributed by atoms with Crippen LogP contribution in [0.15, 0.2) is 34.7 Å². The van der Waals surface area contributed by atoms with E-state index in [-0.39, 0.29) is 18.0 Å². The number of fused-ring (bicyclic) bond motifs is 1. The number of rotatable bonds is 3. The van der Waals surface area contributed by atoms with Crippen molar-refractivity contribution in [1.82, 2.24) is 16.2 Å². The molecule has 1 aromatic carbocycles. The molecule has 5 heteroatoms. The van der Waals surface area contributed by atoms with Crippen LogP contribution in [0, 0.1) is 0 Å². The summed E-state index contributed by atoms with van der Waals surface area (Å²) in [4.78, 5) is 12.0. The van der Waals surface area contributed by atoms with Gasteiger partial charge in [-0.3, -0.25) is 10.2 Å². The van der Waals surface area contributed by atoms with Crippen LogP contribution in [0.2, 0.25) is 0 Å². The van der Waals surface area contributed by atoms with Crippen LogP contribution in [0.25, 0.3) is 11.0 Å².